The van der Waals surface area contributed by atoms with Crippen LogP contribution in [0.15, 0.2) is 0 Å². The summed E-state index contributed by atoms with van der Waals surface area (Å²) in [5.41, 5.74) is 0. The molecule has 3 N–H and O–H groups in total. The van der Waals surface area contributed by atoms with Crippen molar-refractivity contribution in [2.24, 2.45) is 0 Å². The van der Waals surface area contributed by atoms with Gasteiger partial charge in [0.2, 0.25) is 0 Å². The zero-order valence-electron chi connectivity index (χ0n) is 10.8. The molecule has 0 saturated carbocycles. The van der Waals surface area contributed by atoms with Crippen molar-refractivity contribution in [3.63, 3.8) is 0 Å². The molecule has 0 radical (unpaired) electrons. The first-order valence-corrected chi connectivity index (χ1v) is 7.57. The molecular formula is C10H20N2O6S. The van der Waals surface area contributed by atoms with Crippen LogP contribution in [0.5, 0.6) is 0 Å². The average molecular weight is 296 g/mol. The van der Waals surface area contributed by atoms with Crippen LogP contribution in [0.4, 0.5) is 0 Å². The molecule has 112 valence electrons. The summed E-state index contributed by atoms with van der Waals surface area (Å²) in [4.78, 5) is 11.7. The van der Waals surface area contributed by atoms with Gasteiger partial charge >= 0.3 is 5.97 Å². The quantitative estimate of drug-likeness (QED) is 0.477. The summed E-state index contributed by atoms with van der Waals surface area (Å²) in [6, 6.07) is -1.82. The van der Waals surface area contributed by atoms with Gasteiger partial charge in [0, 0.05) is 6.54 Å². The molecule has 8 nitrogen and oxygen atoms in total. The third-order valence-corrected chi connectivity index (χ3v) is 4.51. The Labute approximate surface area is 112 Å². The number of rotatable bonds is 7. The molecule has 0 aromatic carbocycles. The summed E-state index contributed by atoms with van der Waals surface area (Å²) in [5.74, 6) is -0.574. The zero-order chi connectivity index (χ0) is 14.5. The van der Waals surface area contributed by atoms with Gasteiger partial charge in [-0.05, 0) is 19.8 Å². The summed E-state index contributed by atoms with van der Waals surface area (Å²) in [5, 5.41) is 17.8. The number of nitrogens with zero attached hydrogens (tertiary/aromatic N) is 1. The summed E-state index contributed by atoms with van der Waals surface area (Å²) in [6.45, 7) is 1.01. The smallest absolute Gasteiger partial charge is 0.324 e. The van der Waals surface area contributed by atoms with Crippen molar-refractivity contribution in [3.05, 3.63) is 0 Å². The van der Waals surface area contributed by atoms with Crippen molar-refractivity contribution in [2.75, 3.05) is 26.4 Å². The maximum Gasteiger partial charge on any atom is 0.324 e. The minimum atomic E-state index is -3.93. The van der Waals surface area contributed by atoms with Gasteiger partial charge in [-0.1, -0.05) is 0 Å². The minimum absolute atomic E-state index is 0.187. The number of carbonyl (C=O) groups is 1. The van der Waals surface area contributed by atoms with E-state index in [0.717, 1.165) is 4.31 Å². The van der Waals surface area contributed by atoms with Crippen LogP contribution < -0.4 is 4.72 Å². The van der Waals surface area contributed by atoms with Crippen LogP contribution in [0.1, 0.15) is 19.8 Å². The molecule has 1 aliphatic heterocycles. The van der Waals surface area contributed by atoms with Gasteiger partial charge in [0.05, 0.1) is 25.9 Å². The van der Waals surface area contributed by atoms with Crippen LogP contribution in [-0.2, 0) is 19.7 Å². The predicted molar refractivity (Wildman–Crippen MR) is 66.4 cm³/mol. The van der Waals surface area contributed by atoms with Gasteiger partial charge in [-0.15, -0.1) is 0 Å². The molecule has 1 atom stereocenters. The van der Waals surface area contributed by atoms with Crippen LogP contribution in [0.3, 0.4) is 0 Å². The number of aliphatic hydroxyl groups is 2. The number of carbonyl (C=O) groups excluding carboxylic acids is 1. The number of esters is 1. The van der Waals surface area contributed by atoms with E-state index in [1.165, 1.54) is 0 Å². The number of aliphatic hydroxyl groups excluding tert-OH is 2. The topological polar surface area (TPSA) is 116 Å². The number of ether oxygens (including phenoxy) is 1. The van der Waals surface area contributed by atoms with Crippen LogP contribution in [0, 0.1) is 0 Å². The fourth-order valence-corrected chi connectivity index (χ4v) is 3.51. The Hall–Kier alpha value is -0.740. The molecule has 19 heavy (non-hydrogen) atoms. The van der Waals surface area contributed by atoms with Gasteiger partial charge in [-0.2, -0.15) is 17.4 Å². The Morgan fingerprint density at radius 1 is 1.47 bits per heavy atom. The highest BCUT2D eigenvalue weighted by Crippen LogP contribution is 2.21. The molecule has 9 heteroatoms. The second-order valence-electron chi connectivity index (χ2n) is 4.21. The predicted octanol–water partition coefficient (Wildman–Crippen LogP) is -1.80. The largest absolute Gasteiger partial charge is 0.465 e. The van der Waals surface area contributed by atoms with E-state index in [2.05, 4.69) is 4.72 Å². The molecule has 1 fully saturated rings. The van der Waals surface area contributed by atoms with Crippen molar-refractivity contribution in [1.29, 1.82) is 0 Å². The first-order valence-electron chi connectivity index (χ1n) is 6.13. The zero-order valence-corrected chi connectivity index (χ0v) is 11.6. The van der Waals surface area contributed by atoms with Gasteiger partial charge in [-0.25, -0.2) is 0 Å². The first kappa shape index (κ1) is 16.3. The molecule has 1 aliphatic rings. The van der Waals surface area contributed by atoms with Crippen molar-refractivity contribution in [1.82, 2.24) is 9.03 Å². The van der Waals surface area contributed by atoms with Gasteiger partial charge in [0.1, 0.15) is 6.04 Å². The van der Waals surface area contributed by atoms with E-state index < -0.39 is 41.5 Å². The van der Waals surface area contributed by atoms with Gasteiger partial charge < -0.3 is 14.9 Å². The summed E-state index contributed by atoms with van der Waals surface area (Å²) in [7, 11) is -3.93. The summed E-state index contributed by atoms with van der Waals surface area (Å²) >= 11 is 0. The molecular weight excluding hydrogens is 276 g/mol. The monoisotopic (exact) mass is 296 g/mol. The number of hydrogen-bond acceptors (Lipinski definition) is 6. The number of hydrogen-bond donors (Lipinski definition) is 3. The van der Waals surface area contributed by atoms with E-state index in [9.17, 15) is 13.2 Å². The Morgan fingerprint density at radius 2 is 2.11 bits per heavy atom. The highest BCUT2D eigenvalue weighted by atomic mass is 32.2. The second kappa shape index (κ2) is 7.15. The third kappa shape index (κ3) is 4.11. The van der Waals surface area contributed by atoms with Gasteiger partial charge in [0.15, 0.2) is 0 Å². The Balaban J connectivity index is 2.78. The van der Waals surface area contributed by atoms with Crippen molar-refractivity contribution in [2.45, 2.75) is 31.8 Å². The van der Waals surface area contributed by atoms with Gasteiger partial charge in [0.25, 0.3) is 10.2 Å². The van der Waals surface area contributed by atoms with Crippen molar-refractivity contribution < 1.29 is 28.2 Å². The molecule has 1 rings (SSSR count). The van der Waals surface area contributed by atoms with E-state index in [1.54, 1.807) is 6.92 Å². The van der Waals surface area contributed by atoms with E-state index in [-0.39, 0.29) is 13.2 Å². The van der Waals surface area contributed by atoms with E-state index in [4.69, 9.17) is 14.9 Å². The summed E-state index contributed by atoms with van der Waals surface area (Å²) < 4.78 is 32.1. The van der Waals surface area contributed by atoms with Crippen LogP contribution in [0.2, 0.25) is 0 Å². The highest BCUT2D eigenvalue weighted by Gasteiger charge is 2.40. The molecule has 0 spiro atoms. The lowest BCUT2D eigenvalue weighted by Crippen LogP contribution is -2.51. The average Bonchev–Trinajstić information content (AvgIpc) is 2.86. The van der Waals surface area contributed by atoms with Crippen molar-refractivity contribution >= 4 is 16.2 Å². The Morgan fingerprint density at radius 3 is 2.63 bits per heavy atom. The lowest BCUT2D eigenvalue weighted by atomic mass is 10.2. The number of nitrogens with one attached hydrogen (secondary N) is 1. The van der Waals surface area contributed by atoms with Crippen molar-refractivity contribution in [3.8, 4) is 0 Å². The molecule has 1 saturated heterocycles. The molecule has 0 amide bonds. The molecule has 1 heterocycles. The first-order chi connectivity index (χ1) is 8.96. The molecule has 0 bridgehead atoms. The standard InChI is InChI=1S/C10H20N2O6S/c1-2-18-10(15)9-4-3-5-12(9)19(16,17)11-8(6-13)7-14/h8-9,11,13-14H,2-7H2,1H3. The van der Waals surface area contributed by atoms with Gasteiger partial charge in [-0.3, -0.25) is 4.79 Å². The molecule has 0 aromatic heterocycles. The van der Waals surface area contributed by atoms with E-state index in [0.29, 0.717) is 12.8 Å². The third-order valence-electron chi connectivity index (χ3n) is 2.83. The Bertz CT molecular complexity index is 395. The van der Waals surface area contributed by atoms with E-state index >= 15 is 0 Å². The fourth-order valence-electron chi connectivity index (χ4n) is 1.91. The summed E-state index contributed by atoms with van der Waals surface area (Å²) in [6.07, 6.45) is 0.968. The Kier molecular flexibility index (Phi) is 6.14. The SMILES string of the molecule is CCOC(=O)C1CCCN1S(=O)(=O)NC(CO)CO. The normalized spacial score (nSPS) is 20.9. The minimum Gasteiger partial charge on any atom is -0.465 e. The lowest BCUT2D eigenvalue weighted by molar-refractivity contribution is -0.146. The second-order valence-corrected chi connectivity index (χ2v) is 5.86. The highest BCUT2D eigenvalue weighted by molar-refractivity contribution is 7.87. The molecule has 0 aromatic rings. The maximum absolute atomic E-state index is 12.1. The maximum atomic E-state index is 12.1. The molecule has 0 aliphatic carbocycles. The van der Waals surface area contributed by atoms with Crippen LogP contribution in [-0.4, -0.2) is 67.4 Å². The van der Waals surface area contributed by atoms with Crippen LogP contribution >= 0.6 is 0 Å². The van der Waals surface area contributed by atoms with E-state index in [1.807, 2.05) is 0 Å². The lowest BCUT2D eigenvalue weighted by Gasteiger charge is -2.24. The van der Waals surface area contributed by atoms with Crippen LogP contribution in [0.25, 0.3) is 0 Å². The fraction of sp³-hybridized carbons (Fsp3) is 0.900. The molecule has 1 unspecified atom stereocenters.